The summed E-state index contributed by atoms with van der Waals surface area (Å²) in [5, 5.41) is 11.0. The van der Waals surface area contributed by atoms with Crippen LogP contribution in [0.1, 0.15) is 31.2 Å². The van der Waals surface area contributed by atoms with Crippen LogP contribution < -0.4 is 0 Å². The van der Waals surface area contributed by atoms with Crippen molar-refractivity contribution in [3.05, 3.63) is 34.9 Å². The monoisotopic (exact) mass is 280 g/mol. The lowest BCUT2D eigenvalue weighted by atomic mass is 9.77. The van der Waals surface area contributed by atoms with Crippen molar-refractivity contribution in [2.75, 3.05) is 13.1 Å². The standard InChI is InChI=1S/C15H19ClNO2/c1-2-3-12-8-17(10-18)9-14(19)15(12)11-4-6-13(16)7-5-11/h4-7,12,14-15,19H,2-3,8-9H2,1H3. The molecule has 3 atom stereocenters. The first-order valence-corrected chi connectivity index (χ1v) is 7.09. The molecule has 3 unspecified atom stereocenters. The van der Waals surface area contributed by atoms with E-state index in [1.54, 1.807) is 4.90 Å². The van der Waals surface area contributed by atoms with Crippen molar-refractivity contribution < 1.29 is 9.90 Å². The van der Waals surface area contributed by atoms with Gasteiger partial charge in [-0.25, -0.2) is 0 Å². The number of benzene rings is 1. The number of β-amino-alcohol motifs (C(OH)–C–C–N with tert-alkyl or cyclic N) is 1. The third kappa shape index (κ3) is 3.28. The molecule has 1 saturated heterocycles. The zero-order valence-electron chi connectivity index (χ0n) is 11.1. The molecule has 1 radical (unpaired) electrons. The highest BCUT2D eigenvalue weighted by molar-refractivity contribution is 6.30. The van der Waals surface area contributed by atoms with Crippen LogP contribution in [0.5, 0.6) is 0 Å². The van der Waals surface area contributed by atoms with Gasteiger partial charge in [0.2, 0.25) is 0 Å². The van der Waals surface area contributed by atoms with Gasteiger partial charge < -0.3 is 10.0 Å². The van der Waals surface area contributed by atoms with Crippen molar-refractivity contribution in [3.8, 4) is 0 Å². The molecule has 1 aliphatic rings. The van der Waals surface area contributed by atoms with E-state index >= 15 is 0 Å². The van der Waals surface area contributed by atoms with Crippen LogP contribution in [0.15, 0.2) is 24.3 Å². The van der Waals surface area contributed by atoms with Crippen molar-refractivity contribution in [1.29, 1.82) is 0 Å². The van der Waals surface area contributed by atoms with Crippen LogP contribution in [0.25, 0.3) is 0 Å². The van der Waals surface area contributed by atoms with Gasteiger partial charge in [-0.15, -0.1) is 0 Å². The number of hydrogen-bond acceptors (Lipinski definition) is 2. The van der Waals surface area contributed by atoms with E-state index in [0.717, 1.165) is 18.4 Å². The number of amides is 1. The second-order valence-corrected chi connectivity index (χ2v) is 5.63. The summed E-state index contributed by atoms with van der Waals surface area (Å²) >= 11 is 5.91. The number of nitrogens with zero attached hydrogens (tertiary/aromatic N) is 1. The Morgan fingerprint density at radius 3 is 2.63 bits per heavy atom. The Hall–Kier alpha value is -1.06. The van der Waals surface area contributed by atoms with Gasteiger partial charge in [0, 0.05) is 24.0 Å². The van der Waals surface area contributed by atoms with E-state index in [9.17, 15) is 9.90 Å². The fraction of sp³-hybridized carbons (Fsp3) is 0.533. The predicted molar refractivity (Wildman–Crippen MR) is 75.9 cm³/mol. The number of hydrogen-bond donors (Lipinski definition) is 1. The van der Waals surface area contributed by atoms with E-state index in [1.807, 2.05) is 30.7 Å². The number of aliphatic hydroxyl groups excluding tert-OH is 1. The quantitative estimate of drug-likeness (QED) is 0.921. The summed E-state index contributed by atoms with van der Waals surface area (Å²) < 4.78 is 0. The summed E-state index contributed by atoms with van der Waals surface area (Å²) in [5.41, 5.74) is 1.10. The summed E-state index contributed by atoms with van der Waals surface area (Å²) in [6.07, 6.45) is 3.40. The summed E-state index contributed by atoms with van der Waals surface area (Å²) in [6, 6.07) is 7.65. The van der Waals surface area contributed by atoms with Gasteiger partial charge in [-0.3, -0.25) is 4.79 Å². The molecule has 1 heterocycles. The zero-order chi connectivity index (χ0) is 13.8. The van der Waals surface area contributed by atoms with Crippen LogP contribution in [0.4, 0.5) is 0 Å². The Bertz CT molecular complexity index is 421. The first-order chi connectivity index (χ1) is 9.15. The molecule has 1 fully saturated rings. The first-order valence-electron chi connectivity index (χ1n) is 6.72. The summed E-state index contributed by atoms with van der Waals surface area (Å²) in [4.78, 5) is 12.4. The zero-order valence-corrected chi connectivity index (χ0v) is 11.8. The fourth-order valence-corrected chi connectivity index (χ4v) is 3.15. The second kappa shape index (κ2) is 6.40. The highest BCUT2D eigenvalue weighted by Gasteiger charge is 2.36. The van der Waals surface area contributed by atoms with Crippen LogP contribution in [-0.4, -0.2) is 35.6 Å². The SMILES string of the molecule is CCCC1CN([C]=O)CC(O)C1c1ccc(Cl)cc1. The van der Waals surface area contributed by atoms with E-state index in [0.29, 0.717) is 18.1 Å². The molecular weight excluding hydrogens is 262 g/mol. The lowest BCUT2D eigenvalue weighted by Crippen LogP contribution is -2.47. The number of rotatable bonds is 4. The first kappa shape index (κ1) is 14.4. The molecule has 0 spiro atoms. The molecule has 3 nitrogen and oxygen atoms in total. The smallest absolute Gasteiger partial charge is 0.312 e. The molecule has 103 valence electrons. The van der Waals surface area contributed by atoms with Crippen LogP contribution in [0, 0.1) is 5.92 Å². The second-order valence-electron chi connectivity index (χ2n) is 5.19. The topological polar surface area (TPSA) is 40.5 Å². The molecule has 4 heteroatoms. The van der Waals surface area contributed by atoms with E-state index in [2.05, 4.69) is 6.92 Å². The normalized spacial score (nSPS) is 27.3. The van der Waals surface area contributed by atoms with Gasteiger partial charge in [-0.2, -0.15) is 0 Å². The Morgan fingerprint density at radius 2 is 2.05 bits per heavy atom. The average molecular weight is 281 g/mol. The minimum absolute atomic E-state index is 0.0711. The average Bonchev–Trinajstić information content (AvgIpc) is 2.40. The predicted octanol–water partition coefficient (Wildman–Crippen LogP) is 2.58. The third-order valence-electron chi connectivity index (χ3n) is 3.83. The highest BCUT2D eigenvalue weighted by Crippen LogP contribution is 2.36. The van der Waals surface area contributed by atoms with Crippen molar-refractivity contribution in [3.63, 3.8) is 0 Å². The minimum atomic E-state index is -0.534. The summed E-state index contributed by atoms with van der Waals surface area (Å²) in [5.74, 6) is 0.346. The highest BCUT2D eigenvalue weighted by atomic mass is 35.5. The lowest BCUT2D eigenvalue weighted by Gasteiger charge is -2.40. The molecule has 1 N–H and O–H groups in total. The molecule has 1 amide bonds. The van der Waals surface area contributed by atoms with Crippen molar-refractivity contribution in [2.24, 2.45) is 5.92 Å². The van der Waals surface area contributed by atoms with E-state index < -0.39 is 6.10 Å². The van der Waals surface area contributed by atoms with Crippen molar-refractivity contribution in [1.82, 2.24) is 4.90 Å². The molecule has 1 aliphatic heterocycles. The van der Waals surface area contributed by atoms with Gasteiger partial charge in [0.05, 0.1) is 6.10 Å². The molecule has 0 bridgehead atoms. The van der Waals surface area contributed by atoms with Gasteiger partial charge >= 0.3 is 6.41 Å². The molecule has 19 heavy (non-hydrogen) atoms. The Balaban J connectivity index is 2.24. The van der Waals surface area contributed by atoms with Crippen LogP contribution >= 0.6 is 11.6 Å². The number of aliphatic hydroxyl groups is 1. The van der Waals surface area contributed by atoms with Gasteiger partial charge in [-0.1, -0.05) is 37.1 Å². The largest absolute Gasteiger partial charge is 0.391 e. The number of halogens is 1. The summed E-state index contributed by atoms with van der Waals surface area (Å²) in [6.45, 7) is 3.15. The fourth-order valence-electron chi connectivity index (χ4n) is 3.02. The van der Waals surface area contributed by atoms with E-state index in [-0.39, 0.29) is 11.8 Å². The third-order valence-corrected chi connectivity index (χ3v) is 4.08. The van der Waals surface area contributed by atoms with Crippen LogP contribution in [0.2, 0.25) is 5.02 Å². The molecule has 1 aromatic rings. The van der Waals surface area contributed by atoms with Crippen LogP contribution in [-0.2, 0) is 4.79 Å². The van der Waals surface area contributed by atoms with Crippen molar-refractivity contribution in [2.45, 2.75) is 31.8 Å². The Labute approximate surface area is 119 Å². The van der Waals surface area contributed by atoms with Gasteiger partial charge in [0.25, 0.3) is 0 Å². The molecular formula is C15H19ClNO2. The number of piperidine rings is 1. The maximum atomic E-state index is 10.8. The lowest BCUT2D eigenvalue weighted by molar-refractivity contribution is 0.0425. The number of carbonyl (C=O) groups excluding carboxylic acids is 1. The van der Waals surface area contributed by atoms with Gasteiger partial charge in [0.15, 0.2) is 0 Å². The molecule has 0 aromatic heterocycles. The van der Waals surface area contributed by atoms with E-state index in [4.69, 9.17) is 11.6 Å². The molecule has 0 aliphatic carbocycles. The van der Waals surface area contributed by atoms with Crippen molar-refractivity contribution >= 4 is 18.0 Å². The molecule has 0 saturated carbocycles. The van der Waals surface area contributed by atoms with Gasteiger partial charge in [-0.05, 0) is 30.0 Å². The van der Waals surface area contributed by atoms with Gasteiger partial charge in [0.1, 0.15) is 0 Å². The molecule has 2 rings (SSSR count). The molecule has 1 aromatic carbocycles. The summed E-state index contributed by atoms with van der Waals surface area (Å²) in [7, 11) is 0. The Kier molecular flexibility index (Phi) is 4.83. The Morgan fingerprint density at radius 1 is 1.37 bits per heavy atom. The van der Waals surface area contributed by atoms with E-state index in [1.165, 1.54) is 0 Å². The maximum Gasteiger partial charge on any atom is 0.312 e. The maximum absolute atomic E-state index is 10.8. The minimum Gasteiger partial charge on any atom is -0.391 e. The number of likely N-dealkylation sites (tertiary alicyclic amines) is 1. The van der Waals surface area contributed by atoms with Crippen LogP contribution in [0.3, 0.4) is 0 Å².